The van der Waals surface area contributed by atoms with Gasteiger partial charge in [-0.25, -0.2) is 36.5 Å². The molecule has 3 aromatic rings. The van der Waals surface area contributed by atoms with Gasteiger partial charge in [0, 0.05) is 12.6 Å². The molecule has 11 nitrogen and oxygen atoms in total. The first-order chi connectivity index (χ1) is 17.5. The Bertz CT molecular complexity index is 1530. The van der Waals surface area contributed by atoms with Crippen molar-refractivity contribution in [2.45, 2.75) is 43.6 Å². The first kappa shape index (κ1) is 24.7. The Balaban J connectivity index is 1.41. The number of hydrogen-bond donors (Lipinski definition) is 1. The highest BCUT2D eigenvalue weighted by Gasteiger charge is 2.70. The number of rotatable bonds is 6. The molecule has 37 heavy (non-hydrogen) atoms. The van der Waals surface area contributed by atoms with E-state index in [4.69, 9.17) is 15.0 Å². The summed E-state index contributed by atoms with van der Waals surface area (Å²) in [4.78, 5) is 16.4. The summed E-state index contributed by atoms with van der Waals surface area (Å²) in [6.07, 6.45) is 4.17. The van der Waals surface area contributed by atoms with E-state index in [0.29, 0.717) is 18.7 Å². The van der Waals surface area contributed by atoms with Crippen molar-refractivity contribution in [2.75, 3.05) is 7.05 Å². The predicted octanol–water partition coefficient (Wildman–Crippen LogP) is 2.69. The van der Waals surface area contributed by atoms with Crippen LogP contribution in [0.4, 0.5) is 8.78 Å². The first-order valence-electron chi connectivity index (χ1n) is 11.2. The van der Waals surface area contributed by atoms with Gasteiger partial charge >= 0.3 is 0 Å². The second-order valence-electron chi connectivity index (χ2n) is 9.00. The molecule has 1 aliphatic carbocycles. The molecule has 0 saturated heterocycles. The van der Waals surface area contributed by atoms with E-state index in [1.807, 2.05) is 0 Å². The lowest BCUT2D eigenvalue weighted by Crippen LogP contribution is -2.58. The average Bonchev–Trinajstić information content (AvgIpc) is 3.60. The standard InChI is InChI=1S/C23H23F2N7O4S/c1-13-29-20(36-31-13)12-35-19-11-27-18(10-28-19)17(25)9-14-4-5-16(24)15(8-14)22(2)23(6-7-23)37(33,34)32(3)21(26)30-22/h4-5,8-11H,6-7,12H2,1-3H3,(H2,26,30)/b17-9-/t22-/m1/s1. The van der Waals surface area contributed by atoms with Gasteiger partial charge in [-0.2, -0.15) is 4.98 Å². The number of sulfonamides is 1. The maximum absolute atomic E-state index is 15.1. The van der Waals surface area contributed by atoms with E-state index < -0.39 is 32.0 Å². The van der Waals surface area contributed by atoms with E-state index in [-0.39, 0.29) is 41.2 Å². The molecular weight excluding hydrogens is 508 g/mol. The van der Waals surface area contributed by atoms with Gasteiger partial charge in [0.1, 0.15) is 21.8 Å². The summed E-state index contributed by atoms with van der Waals surface area (Å²) in [5.74, 6) is -0.803. The molecule has 0 bridgehead atoms. The van der Waals surface area contributed by atoms with Gasteiger partial charge in [0.05, 0.1) is 12.4 Å². The Morgan fingerprint density at radius 1 is 1.30 bits per heavy atom. The average molecular weight is 532 g/mol. The zero-order chi connectivity index (χ0) is 26.6. The van der Waals surface area contributed by atoms with Crippen molar-refractivity contribution in [3.8, 4) is 5.88 Å². The topological polar surface area (TPSA) is 150 Å². The SMILES string of the molecule is Cc1noc(COc2cnc(/C(F)=C/c3ccc(F)c([C@@]4(C)N=C(N)N(C)S(=O)(=O)C45CC5)c3)cn2)n1. The minimum atomic E-state index is -3.88. The number of guanidine groups is 1. The Labute approximate surface area is 211 Å². The third kappa shape index (κ3) is 4.00. The molecule has 1 atom stereocenters. The van der Waals surface area contributed by atoms with Gasteiger partial charge in [-0.1, -0.05) is 11.2 Å². The number of hydrogen-bond acceptors (Lipinski definition) is 10. The Morgan fingerprint density at radius 2 is 2.05 bits per heavy atom. The van der Waals surface area contributed by atoms with Crippen molar-refractivity contribution in [1.82, 2.24) is 24.4 Å². The zero-order valence-corrected chi connectivity index (χ0v) is 21.0. The van der Waals surface area contributed by atoms with Crippen LogP contribution < -0.4 is 10.5 Å². The molecule has 5 rings (SSSR count). The number of nitrogens with two attached hydrogens (primary N) is 1. The summed E-state index contributed by atoms with van der Waals surface area (Å²) in [5.41, 5.74) is 4.62. The second-order valence-corrected chi connectivity index (χ2v) is 11.3. The van der Waals surface area contributed by atoms with E-state index in [0.717, 1.165) is 16.4 Å². The third-order valence-electron chi connectivity index (χ3n) is 6.70. The van der Waals surface area contributed by atoms with Crippen molar-refractivity contribution < 1.29 is 26.5 Å². The molecule has 2 aromatic heterocycles. The quantitative estimate of drug-likeness (QED) is 0.506. The number of aryl methyl sites for hydroxylation is 1. The van der Waals surface area contributed by atoms with Gasteiger partial charge in [-0.15, -0.1) is 0 Å². The van der Waals surface area contributed by atoms with Crippen molar-refractivity contribution in [3.05, 3.63) is 64.9 Å². The summed E-state index contributed by atoms with van der Waals surface area (Å²) >= 11 is 0. The van der Waals surface area contributed by atoms with E-state index in [1.54, 1.807) is 13.8 Å². The van der Waals surface area contributed by atoms with Gasteiger partial charge in [0.25, 0.3) is 5.89 Å². The van der Waals surface area contributed by atoms with Crippen LogP contribution in [0, 0.1) is 12.7 Å². The molecule has 2 N–H and O–H groups in total. The highest BCUT2D eigenvalue weighted by atomic mass is 32.2. The molecule has 2 aliphatic rings. The fraction of sp³-hybridized carbons (Fsp3) is 0.348. The van der Waals surface area contributed by atoms with Crippen LogP contribution in [0.1, 0.15) is 48.3 Å². The molecule has 0 amide bonds. The fourth-order valence-electron chi connectivity index (χ4n) is 4.48. The number of ether oxygens (including phenoxy) is 1. The summed E-state index contributed by atoms with van der Waals surface area (Å²) in [5, 5.41) is 3.65. The van der Waals surface area contributed by atoms with Crippen LogP contribution >= 0.6 is 0 Å². The van der Waals surface area contributed by atoms with Gasteiger partial charge in [-0.3, -0.25) is 0 Å². The maximum atomic E-state index is 15.1. The summed E-state index contributed by atoms with van der Waals surface area (Å²) < 4.78 is 66.3. The summed E-state index contributed by atoms with van der Waals surface area (Å²) in [6, 6.07) is 3.90. The van der Waals surface area contributed by atoms with Gasteiger partial charge in [0.2, 0.25) is 21.9 Å². The zero-order valence-electron chi connectivity index (χ0n) is 20.1. The molecule has 1 fully saturated rings. The molecular formula is C23H23F2N7O4S. The molecule has 0 radical (unpaired) electrons. The highest BCUT2D eigenvalue weighted by Crippen LogP contribution is 2.60. The monoisotopic (exact) mass is 531 g/mol. The lowest BCUT2D eigenvalue weighted by Gasteiger charge is -2.42. The van der Waals surface area contributed by atoms with Gasteiger partial charge in [0.15, 0.2) is 18.3 Å². The van der Waals surface area contributed by atoms with Crippen LogP contribution in [0.3, 0.4) is 0 Å². The highest BCUT2D eigenvalue weighted by molar-refractivity contribution is 7.91. The minimum absolute atomic E-state index is 0.0114. The van der Waals surface area contributed by atoms with Crippen LogP contribution in [0.5, 0.6) is 5.88 Å². The normalized spacial score (nSPS) is 22.1. The summed E-state index contributed by atoms with van der Waals surface area (Å²) in [6.45, 7) is 3.19. The molecule has 3 heterocycles. The van der Waals surface area contributed by atoms with E-state index >= 15 is 8.78 Å². The molecule has 14 heteroatoms. The minimum Gasteiger partial charge on any atom is -0.466 e. The van der Waals surface area contributed by atoms with Crippen molar-refractivity contribution in [3.63, 3.8) is 0 Å². The number of aliphatic imine (C=N–C) groups is 1. The molecule has 1 aromatic carbocycles. The van der Waals surface area contributed by atoms with E-state index in [9.17, 15) is 8.42 Å². The second kappa shape index (κ2) is 8.57. The smallest absolute Gasteiger partial charge is 0.264 e. The number of halogens is 2. The van der Waals surface area contributed by atoms with E-state index in [2.05, 4.69) is 25.1 Å². The van der Waals surface area contributed by atoms with Crippen LogP contribution in [0.2, 0.25) is 0 Å². The number of aromatic nitrogens is 4. The van der Waals surface area contributed by atoms with Crippen LogP contribution in [0.25, 0.3) is 11.9 Å². The lowest BCUT2D eigenvalue weighted by atomic mass is 9.85. The molecule has 1 aliphatic heterocycles. The van der Waals surface area contributed by atoms with Crippen LogP contribution in [0.15, 0.2) is 40.1 Å². The molecule has 194 valence electrons. The van der Waals surface area contributed by atoms with Gasteiger partial charge < -0.3 is 15.0 Å². The van der Waals surface area contributed by atoms with Crippen molar-refractivity contribution in [1.29, 1.82) is 0 Å². The van der Waals surface area contributed by atoms with Crippen LogP contribution in [-0.4, -0.2) is 50.6 Å². The number of nitrogens with zero attached hydrogens (tertiary/aromatic N) is 6. The van der Waals surface area contributed by atoms with E-state index in [1.165, 1.54) is 31.6 Å². The fourth-order valence-corrected chi connectivity index (χ4v) is 6.56. The maximum Gasteiger partial charge on any atom is 0.264 e. The van der Waals surface area contributed by atoms with Crippen molar-refractivity contribution in [2.24, 2.45) is 10.7 Å². The number of benzene rings is 1. The molecule has 0 unspecified atom stereocenters. The van der Waals surface area contributed by atoms with Crippen LogP contribution in [-0.2, 0) is 22.2 Å². The lowest BCUT2D eigenvalue weighted by molar-refractivity contribution is 0.234. The van der Waals surface area contributed by atoms with Gasteiger partial charge in [-0.05, 0) is 50.5 Å². The van der Waals surface area contributed by atoms with Crippen molar-refractivity contribution >= 4 is 27.9 Å². The Hall–Kier alpha value is -3.94. The molecule has 1 spiro atoms. The Morgan fingerprint density at radius 3 is 2.68 bits per heavy atom. The predicted molar refractivity (Wildman–Crippen MR) is 128 cm³/mol. The first-order valence-corrected chi connectivity index (χ1v) is 12.7. The third-order valence-corrected chi connectivity index (χ3v) is 9.40. The Kier molecular flexibility index (Phi) is 5.73. The largest absolute Gasteiger partial charge is 0.466 e. The summed E-state index contributed by atoms with van der Waals surface area (Å²) in [7, 11) is -2.56. The molecule has 1 saturated carbocycles.